The molecule has 1 aromatic carbocycles. The lowest BCUT2D eigenvalue weighted by Gasteiger charge is -2.12. The number of benzene rings is 1. The zero-order chi connectivity index (χ0) is 24.5. The first-order valence-corrected chi connectivity index (χ1v) is 10.3. The molecular weight excluding hydrogens is 447 g/mol. The number of ketones is 1. The van der Waals surface area contributed by atoms with Gasteiger partial charge in [-0.1, -0.05) is 6.07 Å². The van der Waals surface area contributed by atoms with Gasteiger partial charge in [0.05, 0.1) is 23.1 Å². The minimum atomic E-state index is -4.56. The maximum atomic E-state index is 12.7. The average Bonchev–Trinajstić information content (AvgIpc) is 3.23. The molecule has 174 valence electrons. The van der Waals surface area contributed by atoms with Gasteiger partial charge in [-0.05, 0) is 54.4 Å². The molecule has 0 unspecified atom stereocenters. The molecule has 7 nitrogen and oxygen atoms in total. The van der Waals surface area contributed by atoms with Crippen LogP contribution in [0.3, 0.4) is 0 Å². The second-order valence-corrected chi connectivity index (χ2v) is 7.78. The maximum Gasteiger partial charge on any atom is 0.433 e. The van der Waals surface area contributed by atoms with Crippen molar-refractivity contribution in [1.82, 2.24) is 15.0 Å². The van der Waals surface area contributed by atoms with Gasteiger partial charge in [-0.25, -0.2) is 4.98 Å². The number of carbonyl (C=O) groups is 2. The molecule has 1 amide bonds. The number of hydrogen-bond donors (Lipinski definition) is 3. The molecule has 34 heavy (non-hydrogen) atoms. The summed E-state index contributed by atoms with van der Waals surface area (Å²) in [4.78, 5) is 34.6. The van der Waals surface area contributed by atoms with Crippen LogP contribution in [0.1, 0.15) is 44.6 Å². The van der Waals surface area contributed by atoms with E-state index in [1.807, 2.05) is 19.1 Å². The Labute approximate surface area is 192 Å². The Balaban J connectivity index is 1.45. The molecule has 0 fully saturated rings. The van der Waals surface area contributed by atoms with E-state index in [-0.39, 0.29) is 11.3 Å². The Morgan fingerprint density at radius 1 is 1.00 bits per heavy atom. The molecule has 0 radical (unpaired) electrons. The summed E-state index contributed by atoms with van der Waals surface area (Å²) in [7, 11) is 0. The lowest BCUT2D eigenvalue weighted by molar-refractivity contribution is -0.141. The van der Waals surface area contributed by atoms with Gasteiger partial charge in [0.2, 0.25) is 0 Å². The van der Waals surface area contributed by atoms with Crippen LogP contribution in [-0.2, 0) is 12.7 Å². The Hall–Kier alpha value is -4.21. The Morgan fingerprint density at radius 2 is 1.79 bits per heavy atom. The summed E-state index contributed by atoms with van der Waals surface area (Å²) in [6.45, 7) is 3.84. The predicted octanol–water partition coefficient (Wildman–Crippen LogP) is 5.35. The number of H-pyrrole nitrogens is 1. The van der Waals surface area contributed by atoms with E-state index in [1.165, 1.54) is 6.92 Å². The van der Waals surface area contributed by atoms with Crippen LogP contribution in [0.4, 0.5) is 24.5 Å². The number of amides is 1. The zero-order valence-electron chi connectivity index (χ0n) is 18.2. The summed E-state index contributed by atoms with van der Waals surface area (Å²) in [6, 6.07) is 10.8. The molecule has 3 heterocycles. The van der Waals surface area contributed by atoms with Gasteiger partial charge < -0.3 is 15.6 Å². The van der Waals surface area contributed by atoms with Gasteiger partial charge in [0, 0.05) is 30.7 Å². The van der Waals surface area contributed by atoms with Crippen LogP contribution in [0.15, 0.2) is 54.9 Å². The molecular formula is C24H20F3N5O2. The van der Waals surface area contributed by atoms with Crippen molar-refractivity contribution in [2.75, 3.05) is 10.6 Å². The zero-order valence-corrected chi connectivity index (χ0v) is 18.2. The van der Waals surface area contributed by atoms with E-state index >= 15 is 0 Å². The summed E-state index contributed by atoms with van der Waals surface area (Å²) < 4.78 is 38.0. The molecule has 0 bridgehead atoms. The second-order valence-electron chi connectivity index (χ2n) is 7.78. The molecule has 0 saturated heterocycles. The fourth-order valence-corrected chi connectivity index (χ4v) is 3.34. The molecule has 10 heteroatoms. The molecule has 3 N–H and O–H groups in total. The van der Waals surface area contributed by atoms with Crippen molar-refractivity contribution in [2.45, 2.75) is 26.6 Å². The number of Topliss-reactive ketones (excluding diaryl/α,β-unsaturated/α-hetero) is 1. The van der Waals surface area contributed by atoms with E-state index in [1.54, 1.807) is 24.4 Å². The van der Waals surface area contributed by atoms with Gasteiger partial charge in [-0.2, -0.15) is 13.2 Å². The standard InChI is InChI=1S/C24H20F3N5O2/c1-13-3-5-18(31-23(34)15-4-6-21(29-10-15)24(25,26)27)8-17(13)11-28-19-7-16-9-20(14(2)33)32-22(16)30-12-19/h3-10,12,28H,11H2,1-2H3,(H,30,32)(H,31,34). The van der Waals surface area contributed by atoms with Crippen LogP contribution in [-0.4, -0.2) is 26.6 Å². The summed E-state index contributed by atoms with van der Waals surface area (Å²) in [5.41, 5.74) is 3.21. The summed E-state index contributed by atoms with van der Waals surface area (Å²) in [5, 5.41) is 6.76. The molecule has 0 aliphatic rings. The van der Waals surface area contributed by atoms with Crippen LogP contribution in [0.25, 0.3) is 11.0 Å². The van der Waals surface area contributed by atoms with Gasteiger partial charge in [0.25, 0.3) is 5.91 Å². The summed E-state index contributed by atoms with van der Waals surface area (Å²) in [5.74, 6) is -0.638. The number of hydrogen-bond acceptors (Lipinski definition) is 5. The van der Waals surface area contributed by atoms with E-state index in [4.69, 9.17) is 0 Å². The third kappa shape index (κ3) is 5.06. The van der Waals surface area contributed by atoms with Crippen molar-refractivity contribution < 1.29 is 22.8 Å². The summed E-state index contributed by atoms with van der Waals surface area (Å²) in [6.07, 6.45) is -2.01. The van der Waals surface area contributed by atoms with Crippen LogP contribution in [0.5, 0.6) is 0 Å². The number of aromatic amines is 1. The van der Waals surface area contributed by atoms with Crippen LogP contribution < -0.4 is 10.6 Å². The number of fused-ring (bicyclic) bond motifs is 1. The molecule has 0 saturated carbocycles. The van der Waals surface area contributed by atoms with Crippen molar-refractivity contribution in [3.8, 4) is 0 Å². The fraction of sp³-hybridized carbons (Fsp3) is 0.167. The average molecular weight is 467 g/mol. The predicted molar refractivity (Wildman–Crippen MR) is 122 cm³/mol. The van der Waals surface area contributed by atoms with E-state index in [2.05, 4.69) is 25.6 Å². The normalized spacial score (nSPS) is 11.4. The number of aromatic nitrogens is 3. The first kappa shape index (κ1) is 23.0. The van der Waals surface area contributed by atoms with E-state index in [0.717, 1.165) is 40.5 Å². The van der Waals surface area contributed by atoms with E-state index in [9.17, 15) is 22.8 Å². The summed E-state index contributed by atoms with van der Waals surface area (Å²) >= 11 is 0. The number of nitrogens with one attached hydrogen (secondary N) is 3. The van der Waals surface area contributed by atoms with Crippen LogP contribution in [0.2, 0.25) is 0 Å². The Bertz CT molecular complexity index is 1380. The topological polar surface area (TPSA) is 99.8 Å². The number of halogens is 3. The molecule has 3 aromatic heterocycles. The first-order chi connectivity index (χ1) is 16.1. The molecule has 0 spiro atoms. The number of pyridine rings is 2. The highest BCUT2D eigenvalue weighted by atomic mass is 19.4. The molecule has 4 aromatic rings. The largest absolute Gasteiger partial charge is 0.433 e. The van der Waals surface area contributed by atoms with Crippen molar-refractivity contribution in [2.24, 2.45) is 0 Å². The van der Waals surface area contributed by atoms with Crippen molar-refractivity contribution in [1.29, 1.82) is 0 Å². The Morgan fingerprint density at radius 3 is 2.47 bits per heavy atom. The SMILES string of the molecule is CC(=O)c1cc2cc(NCc3cc(NC(=O)c4ccc(C(F)(F)F)nc4)ccc3C)cnc2[nH]1. The van der Waals surface area contributed by atoms with Crippen LogP contribution >= 0.6 is 0 Å². The van der Waals surface area contributed by atoms with E-state index in [0.29, 0.717) is 23.6 Å². The smallest absolute Gasteiger partial charge is 0.380 e. The van der Waals surface area contributed by atoms with Crippen LogP contribution in [0, 0.1) is 6.92 Å². The maximum absolute atomic E-state index is 12.7. The second kappa shape index (κ2) is 8.97. The highest BCUT2D eigenvalue weighted by Gasteiger charge is 2.32. The van der Waals surface area contributed by atoms with Gasteiger partial charge in [0.1, 0.15) is 11.3 Å². The Kier molecular flexibility index (Phi) is 6.06. The van der Waals surface area contributed by atoms with Gasteiger partial charge in [-0.15, -0.1) is 0 Å². The molecule has 4 rings (SSSR count). The monoisotopic (exact) mass is 467 g/mol. The first-order valence-electron chi connectivity index (χ1n) is 10.3. The fourth-order valence-electron chi connectivity index (χ4n) is 3.34. The number of aryl methyl sites for hydroxylation is 1. The number of alkyl halides is 3. The number of carbonyl (C=O) groups excluding carboxylic acids is 2. The van der Waals surface area contributed by atoms with Crippen molar-refractivity contribution >= 4 is 34.1 Å². The number of anilines is 2. The number of rotatable bonds is 6. The molecule has 0 aliphatic carbocycles. The van der Waals surface area contributed by atoms with Gasteiger partial charge in [-0.3, -0.25) is 14.6 Å². The quantitative estimate of drug-likeness (QED) is 0.332. The highest BCUT2D eigenvalue weighted by Crippen LogP contribution is 2.27. The molecule has 0 atom stereocenters. The minimum absolute atomic E-state index is 0.0176. The third-order valence-corrected chi connectivity index (χ3v) is 5.26. The third-order valence-electron chi connectivity index (χ3n) is 5.26. The lowest BCUT2D eigenvalue weighted by Crippen LogP contribution is -2.14. The van der Waals surface area contributed by atoms with Crippen molar-refractivity contribution in [3.05, 3.63) is 82.9 Å². The highest BCUT2D eigenvalue weighted by molar-refractivity contribution is 6.04. The minimum Gasteiger partial charge on any atom is -0.380 e. The lowest BCUT2D eigenvalue weighted by atomic mass is 10.1. The van der Waals surface area contributed by atoms with Gasteiger partial charge in [0.15, 0.2) is 5.78 Å². The van der Waals surface area contributed by atoms with Gasteiger partial charge >= 0.3 is 6.18 Å². The van der Waals surface area contributed by atoms with E-state index < -0.39 is 17.8 Å². The molecule has 0 aliphatic heterocycles. The van der Waals surface area contributed by atoms with Crippen molar-refractivity contribution in [3.63, 3.8) is 0 Å². The number of nitrogens with zero attached hydrogens (tertiary/aromatic N) is 2.